The van der Waals surface area contributed by atoms with Crippen LogP contribution < -0.4 is 0 Å². The van der Waals surface area contributed by atoms with Crippen molar-refractivity contribution in [1.82, 2.24) is 9.88 Å². The van der Waals surface area contributed by atoms with Crippen LogP contribution in [0.15, 0.2) is 48.5 Å². The van der Waals surface area contributed by atoms with Crippen LogP contribution in [0.4, 0.5) is 9.18 Å². The molecule has 2 bridgehead atoms. The van der Waals surface area contributed by atoms with Gasteiger partial charge in [0.05, 0.1) is 36.7 Å². The van der Waals surface area contributed by atoms with E-state index in [0.29, 0.717) is 25.3 Å². The van der Waals surface area contributed by atoms with E-state index in [1.54, 1.807) is 17.9 Å². The average molecular weight is 368 g/mol. The molecule has 1 aromatic heterocycles. The molecule has 4 rings (SSSR count). The fourth-order valence-corrected chi connectivity index (χ4v) is 3.59. The van der Waals surface area contributed by atoms with Gasteiger partial charge in [-0.3, -0.25) is 9.88 Å². The first-order valence-electron chi connectivity index (χ1n) is 9.03. The number of rotatable bonds is 3. The van der Waals surface area contributed by atoms with E-state index in [1.165, 1.54) is 6.07 Å². The summed E-state index contributed by atoms with van der Waals surface area (Å²) in [7, 11) is 0. The number of carbonyl (C=O) groups excluding carboxylic acids is 1. The zero-order chi connectivity index (χ0) is 18.8. The van der Waals surface area contributed by atoms with E-state index in [2.05, 4.69) is 4.98 Å². The lowest BCUT2D eigenvalue weighted by atomic mass is 9.92. The SMILES string of the molecule is Cc1nc(C2=CC3COCC(C2)N3C(=O)OCc2ccccc2)ccc1F. The zero-order valence-electron chi connectivity index (χ0n) is 15.1. The Morgan fingerprint density at radius 1 is 1.26 bits per heavy atom. The monoisotopic (exact) mass is 368 g/mol. The summed E-state index contributed by atoms with van der Waals surface area (Å²) in [6.45, 7) is 2.76. The van der Waals surface area contributed by atoms with Crippen LogP contribution in [0.1, 0.15) is 23.4 Å². The van der Waals surface area contributed by atoms with Gasteiger partial charge in [-0.1, -0.05) is 36.4 Å². The van der Waals surface area contributed by atoms with Crippen molar-refractivity contribution in [3.05, 3.63) is 71.3 Å². The van der Waals surface area contributed by atoms with Gasteiger partial charge in [0.1, 0.15) is 12.4 Å². The number of aryl methyl sites for hydroxylation is 1. The zero-order valence-corrected chi connectivity index (χ0v) is 15.1. The Labute approximate surface area is 157 Å². The number of carbonyl (C=O) groups is 1. The highest BCUT2D eigenvalue weighted by Crippen LogP contribution is 2.32. The number of hydrogen-bond donors (Lipinski definition) is 0. The number of fused-ring (bicyclic) bond motifs is 2. The van der Waals surface area contributed by atoms with Crippen molar-refractivity contribution < 1.29 is 18.7 Å². The van der Waals surface area contributed by atoms with Crippen LogP contribution >= 0.6 is 0 Å². The highest BCUT2D eigenvalue weighted by Gasteiger charge is 2.39. The van der Waals surface area contributed by atoms with Crippen LogP contribution in [-0.2, 0) is 16.1 Å². The molecule has 3 heterocycles. The van der Waals surface area contributed by atoms with Crippen LogP contribution in [0.5, 0.6) is 0 Å². The third kappa shape index (κ3) is 3.71. The number of pyridine rings is 1. The smallest absolute Gasteiger partial charge is 0.411 e. The van der Waals surface area contributed by atoms with Crippen LogP contribution in [0.3, 0.4) is 0 Å². The minimum atomic E-state index is -0.337. The maximum Gasteiger partial charge on any atom is 0.411 e. The minimum Gasteiger partial charge on any atom is -0.445 e. The van der Waals surface area contributed by atoms with Crippen molar-refractivity contribution >= 4 is 11.7 Å². The Balaban J connectivity index is 1.51. The summed E-state index contributed by atoms with van der Waals surface area (Å²) < 4.78 is 24.7. The highest BCUT2D eigenvalue weighted by atomic mass is 19.1. The van der Waals surface area contributed by atoms with Gasteiger partial charge in [-0.2, -0.15) is 0 Å². The van der Waals surface area contributed by atoms with Gasteiger partial charge in [0.15, 0.2) is 0 Å². The number of halogens is 1. The molecule has 2 aliphatic rings. The lowest BCUT2D eigenvalue weighted by Crippen LogP contribution is -2.56. The third-order valence-electron chi connectivity index (χ3n) is 4.96. The lowest BCUT2D eigenvalue weighted by Gasteiger charge is -2.43. The molecule has 0 aliphatic carbocycles. The molecule has 0 N–H and O–H groups in total. The first-order valence-corrected chi connectivity index (χ1v) is 9.03. The van der Waals surface area contributed by atoms with Crippen molar-refractivity contribution in [3.8, 4) is 0 Å². The number of morpholine rings is 1. The fourth-order valence-electron chi connectivity index (χ4n) is 3.59. The molecule has 1 fully saturated rings. The molecule has 0 radical (unpaired) electrons. The normalized spacial score (nSPS) is 21.6. The predicted octanol–water partition coefficient (Wildman–Crippen LogP) is 3.72. The van der Waals surface area contributed by atoms with Crippen LogP contribution in [0.2, 0.25) is 0 Å². The summed E-state index contributed by atoms with van der Waals surface area (Å²) in [6.07, 6.45) is 2.25. The number of amides is 1. The Morgan fingerprint density at radius 3 is 2.81 bits per heavy atom. The maximum absolute atomic E-state index is 13.5. The first-order chi connectivity index (χ1) is 13.1. The summed E-state index contributed by atoms with van der Waals surface area (Å²) in [6, 6.07) is 12.4. The second-order valence-electron chi connectivity index (χ2n) is 6.87. The van der Waals surface area contributed by atoms with E-state index in [1.807, 2.05) is 36.4 Å². The van der Waals surface area contributed by atoms with E-state index in [4.69, 9.17) is 9.47 Å². The Morgan fingerprint density at radius 2 is 2.07 bits per heavy atom. The van der Waals surface area contributed by atoms with Crippen molar-refractivity contribution in [2.45, 2.75) is 32.0 Å². The van der Waals surface area contributed by atoms with Gasteiger partial charge in [0, 0.05) is 0 Å². The number of aromatic nitrogens is 1. The van der Waals surface area contributed by atoms with Crippen LogP contribution in [0, 0.1) is 12.7 Å². The molecule has 2 unspecified atom stereocenters. The summed E-state index contributed by atoms with van der Waals surface area (Å²) in [5.74, 6) is -0.315. The molecule has 27 heavy (non-hydrogen) atoms. The number of hydrogen-bond acceptors (Lipinski definition) is 4. The van der Waals surface area contributed by atoms with E-state index in [-0.39, 0.29) is 30.6 Å². The van der Waals surface area contributed by atoms with E-state index >= 15 is 0 Å². The summed E-state index contributed by atoms with van der Waals surface area (Å²) in [4.78, 5) is 18.8. The molecule has 1 saturated heterocycles. The molecule has 140 valence electrons. The molecule has 2 aliphatic heterocycles. The van der Waals surface area contributed by atoms with Crippen LogP contribution in [-0.4, -0.2) is 41.3 Å². The van der Waals surface area contributed by atoms with Crippen molar-refractivity contribution in [3.63, 3.8) is 0 Å². The van der Waals surface area contributed by atoms with Gasteiger partial charge in [0.2, 0.25) is 0 Å². The third-order valence-corrected chi connectivity index (χ3v) is 4.96. The molecule has 2 aromatic rings. The van der Waals surface area contributed by atoms with Crippen molar-refractivity contribution in [1.29, 1.82) is 0 Å². The van der Waals surface area contributed by atoms with Gasteiger partial charge >= 0.3 is 6.09 Å². The first kappa shape index (κ1) is 17.7. The number of nitrogens with zero attached hydrogens (tertiary/aromatic N) is 2. The summed E-state index contributed by atoms with van der Waals surface area (Å²) >= 11 is 0. The molecule has 0 spiro atoms. The maximum atomic E-state index is 13.5. The molecule has 5 nitrogen and oxygen atoms in total. The van der Waals surface area contributed by atoms with Crippen LogP contribution in [0.25, 0.3) is 5.57 Å². The molecular weight excluding hydrogens is 347 g/mol. The van der Waals surface area contributed by atoms with E-state index in [0.717, 1.165) is 16.8 Å². The molecule has 2 atom stereocenters. The fraction of sp³-hybridized carbons (Fsp3) is 0.333. The highest BCUT2D eigenvalue weighted by molar-refractivity contribution is 5.73. The number of benzene rings is 1. The molecule has 0 saturated carbocycles. The molecule has 1 amide bonds. The van der Waals surface area contributed by atoms with E-state index in [9.17, 15) is 9.18 Å². The van der Waals surface area contributed by atoms with Gasteiger partial charge in [0.25, 0.3) is 0 Å². The molecular formula is C21H21FN2O3. The van der Waals surface area contributed by atoms with Crippen molar-refractivity contribution in [2.75, 3.05) is 13.2 Å². The largest absolute Gasteiger partial charge is 0.445 e. The number of ether oxygens (including phenoxy) is 2. The average Bonchev–Trinajstić information content (AvgIpc) is 2.68. The molecule has 1 aromatic carbocycles. The standard InChI is InChI=1S/C21H21FN2O3/c1-14-19(22)7-8-20(23-14)16-9-17-12-26-13-18(10-16)24(17)21(25)27-11-15-5-3-2-4-6-15/h2-9,17-18H,10-13H2,1H3. The lowest BCUT2D eigenvalue weighted by molar-refractivity contribution is -0.0342. The van der Waals surface area contributed by atoms with Crippen molar-refractivity contribution in [2.24, 2.45) is 0 Å². The predicted molar refractivity (Wildman–Crippen MR) is 98.4 cm³/mol. The Kier molecular flexibility index (Phi) is 4.90. The summed E-state index contributed by atoms with van der Waals surface area (Å²) in [5.41, 5.74) is 3.10. The molecule has 6 heteroatoms. The second-order valence-corrected chi connectivity index (χ2v) is 6.87. The minimum absolute atomic E-state index is 0.112. The topological polar surface area (TPSA) is 51.7 Å². The van der Waals surface area contributed by atoms with Gasteiger partial charge in [-0.05, 0) is 36.6 Å². The Bertz CT molecular complexity index is 869. The van der Waals surface area contributed by atoms with Gasteiger partial charge in [-0.15, -0.1) is 0 Å². The second kappa shape index (κ2) is 7.48. The van der Waals surface area contributed by atoms with Gasteiger partial charge < -0.3 is 9.47 Å². The van der Waals surface area contributed by atoms with E-state index < -0.39 is 0 Å². The summed E-state index contributed by atoms with van der Waals surface area (Å²) in [5, 5.41) is 0. The van der Waals surface area contributed by atoms with Gasteiger partial charge in [-0.25, -0.2) is 9.18 Å². The quantitative estimate of drug-likeness (QED) is 0.829. The Hall–Kier alpha value is -2.73.